The lowest BCUT2D eigenvalue weighted by molar-refractivity contribution is 0.309. The molecule has 1 aliphatic heterocycles. The molecule has 1 saturated heterocycles. The Hall–Kier alpha value is -0.820. The predicted octanol–water partition coefficient (Wildman–Crippen LogP) is 3.93. The van der Waals surface area contributed by atoms with Gasteiger partial charge in [0.1, 0.15) is 0 Å². The first-order valence-electron chi connectivity index (χ1n) is 7.36. The summed E-state index contributed by atoms with van der Waals surface area (Å²) in [5, 5.41) is 3.61. The first kappa shape index (κ1) is 13.6. The summed E-state index contributed by atoms with van der Waals surface area (Å²) in [6.07, 6.45) is 5.33. The third-order valence-electron chi connectivity index (χ3n) is 4.41. The average molecular weight is 245 g/mol. The molecule has 0 aliphatic carbocycles. The number of nitrogens with one attached hydrogen (secondary N) is 1. The van der Waals surface area contributed by atoms with Gasteiger partial charge in [0.2, 0.25) is 0 Å². The standard InChI is InChI=1S/C17H27N/c1-12-9-13(2)17(14(3)10-12)8-7-16-6-5-15(4)18-11-16/h9-10,15-16,18H,5-8,11H2,1-4H3. The van der Waals surface area contributed by atoms with Crippen LogP contribution in [0.25, 0.3) is 0 Å². The lowest BCUT2D eigenvalue weighted by atomic mass is 9.88. The van der Waals surface area contributed by atoms with E-state index in [0.717, 1.165) is 12.0 Å². The SMILES string of the molecule is Cc1cc(C)c(CCC2CCC(C)NC2)c(C)c1. The molecule has 2 atom stereocenters. The van der Waals surface area contributed by atoms with Crippen LogP contribution in [0.3, 0.4) is 0 Å². The van der Waals surface area contributed by atoms with Crippen LogP contribution in [0, 0.1) is 26.7 Å². The highest BCUT2D eigenvalue weighted by Crippen LogP contribution is 2.23. The van der Waals surface area contributed by atoms with Gasteiger partial charge in [0.05, 0.1) is 0 Å². The Balaban J connectivity index is 1.94. The zero-order chi connectivity index (χ0) is 13.1. The van der Waals surface area contributed by atoms with E-state index >= 15 is 0 Å². The zero-order valence-corrected chi connectivity index (χ0v) is 12.3. The van der Waals surface area contributed by atoms with E-state index in [0.29, 0.717) is 0 Å². The van der Waals surface area contributed by atoms with Gasteiger partial charge in [0.15, 0.2) is 0 Å². The second kappa shape index (κ2) is 5.88. The smallest absolute Gasteiger partial charge is 0.00389 e. The first-order chi connectivity index (χ1) is 8.56. The highest BCUT2D eigenvalue weighted by molar-refractivity contribution is 5.37. The van der Waals surface area contributed by atoms with E-state index in [1.165, 1.54) is 48.9 Å². The number of piperidine rings is 1. The number of benzene rings is 1. The minimum atomic E-state index is 0.726. The highest BCUT2D eigenvalue weighted by atomic mass is 14.9. The maximum Gasteiger partial charge on any atom is 0.00389 e. The van der Waals surface area contributed by atoms with E-state index in [1.807, 2.05) is 0 Å². The minimum absolute atomic E-state index is 0.726. The fourth-order valence-electron chi connectivity index (χ4n) is 3.26. The van der Waals surface area contributed by atoms with Crippen LogP contribution in [0.5, 0.6) is 0 Å². The summed E-state index contributed by atoms with van der Waals surface area (Å²) in [6, 6.07) is 5.37. The fraction of sp³-hybridized carbons (Fsp3) is 0.647. The average Bonchev–Trinajstić information content (AvgIpc) is 2.30. The van der Waals surface area contributed by atoms with Crippen molar-refractivity contribution in [2.24, 2.45) is 5.92 Å². The van der Waals surface area contributed by atoms with Gasteiger partial charge in [-0.25, -0.2) is 0 Å². The van der Waals surface area contributed by atoms with Crippen LogP contribution in [0.4, 0.5) is 0 Å². The van der Waals surface area contributed by atoms with Gasteiger partial charge in [-0.15, -0.1) is 0 Å². The monoisotopic (exact) mass is 245 g/mol. The van der Waals surface area contributed by atoms with Gasteiger partial charge >= 0.3 is 0 Å². The number of rotatable bonds is 3. The van der Waals surface area contributed by atoms with Crippen LogP contribution in [0.15, 0.2) is 12.1 Å². The second-order valence-electron chi connectivity index (χ2n) is 6.17. The molecule has 1 N–H and O–H groups in total. The molecule has 2 unspecified atom stereocenters. The zero-order valence-electron chi connectivity index (χ0n) is 12.3. The minimum Gasteiger partial charge on any atom is -0.314 e. The van der Waals surface area contributed by atoms with Crippen LogP contribution < -0.4 is 5.32 Å². The van der Waals surface area contributed by atoms with Gasteiger partial charge in [0.25, 0.3) is 0 Å². The van der Waals surface area contributed by atoms with E-state index in [2.05, 4.69) is 45.1 Å². The van der Waals surface area contributed by atoms with Crippen LogP contribution in [0.2, 0.25) is 0 Å². The Bertz CT molecular complexity index is 377. The van der Waals surface area contributed by atoms with Crippen LogP contribution >= 0.6 is 0 Å². The van der Waals surface area contributed by atoms with Gasteiger partial charge < -0.3 is 5.32 Å². The Kier molecular flexibility index (Phi) is 4.45. The molecule has 2 rings (SSSR count). The van der Waals surface area contributed by atoms with E-state index in [-0.39, 0.29) is 0 Å². The maximum absolute atomic E-state index is 3.61. The van der Waals surface area contributed by atoms with Gasteiger partial charge in [-0.3, -0.25) is 0 Å². The molecule has 1 aromatic carbocycles. The molecule has 1 heteroatoms. The van der Waals surface area contributed by atoms with Crippen LogP contribution in [-0.4, -0.2) is 12.6 Å². The largest absolute Gasteiger partial charge is 0.314 e. The normalized spacial score (nSPS) is 24.2. The van der Waals surface area contributed by atoms with Crippen molar-refractivity contribution in [1.82, 2.24) is 5.32 Å². The predicted molar refractivity (Wildman–Crippen MR) is 79.2 cm³/mol. The molecule has 1 aliphatic rings. The quantitative estimate of drug-likeness (QED) is 0.850. The summed E-state index contributed by atoms with van der Waals surface area (Å²) < 4.78 is 0. The highest BCUT2D eigenvalue weighted by Gasteiger charge is 2.17. The first-order valence-corrected chi connectivity index (χ1v) is 7.36. The number of hydrogen-bond acceptors (Lipinski definition) is 1. The summed E-state index contributed by atoms with van der Waals surface area (Å²) in [5.41, 5.74) is 5.93. The van der Waals surface area contributed by atoms with E-state index in [1.54, 1.807) is 5.56 Å². The number of aryl methyl sites for hydroxylation is 3. The van der Waals surface area contributed by atoms with Crippen LogP contribution in [0.1, 0.15) is 48.4 Å². The molecule has 0 amide bonds. The van der Waals surface area contributed by atoms with Gasteiger partial charge in [-0.1, -0.05) is 17.7 Å². The summed E-state index contributed by atoms with van der Waals surface area (Å²) in [5.74, 6) is 0.876. The van der Waals surface area contributed by atoms with Crippen molar-refractivity contribution in [3.05, 3.63) is 34.4 Å². The molecule has 0 bridgehead atoms. The van der Waals surface area contributed by atoms with E-state index in [9.17, 15) is 0 Å². The van der Waals surface area contributed by atoms with E-state index in [4.69, 9.17) is 0 Å². The second-order valence-corrected chi connectivity index (χ2v) is 6.17. The number of hydrogen-bond donors (Lipinski definition) is 1. The third-order valence-corrected chi connectivity index (χ3v) is 4.41. The molecular formula is C17H27N. The van der Waals surface area contributed by atoms with Crippen molar-refractivity contribution in [2.45, 2.75) is 59.4 Å². The van der Waals surface area contributed by atoms with E-state index < -0.39 is 0 Å². The topological polar surface area (TPSA) is 12.0 Å². The molecule has 0 saturated carbocycles. The Morgan fingerprint density at radius 3 is 2.33 bits per heavy atom. The molecule has 1 heterocycles. The molecule has 100 valence electrons. The van der Waals surface area contributed by atoms with Crippen molar-refractivity contribution in [2.75, 3.05) is 6.54 Å². The summed E-state index contributed by atoms with van der Waals surface area (Å²) >= 11 is 0. The molecule has 18 heavy (non-hydrogen) atoms. The molecular weight excluding hydrogens is 218 g/mol. The van der Waals surface area contributed by atoms with Crippen LogP contribution in [-0.2, 0) is 6.42 Å². The molecule has 0 spiro atoms. The van der Waals surface area contributed by atoms with Crippen molar-refractivity contribution in [3.8, 4) is 0 Å². The Labute approximate surface area is 112 Å². The van der Waals surface area contributed by atoms with Gasteiger partial charge in [-0.2, -0.15) is 0 Å². The van der Waals surface area contributed by atoms with Gasteiger partial charge in [-0.05, 0) is 82.5 Å². The molecule has 0 radical (unpaired) electrons. The molecule has 1 fully saturated rings. The molecule has 0 aromatic heterocycles. The summed E-state index contributed by atoms with van der Waals surface area (Å²) in [6.45, 7) is 10.2. The van der Waals surface area contributed by atoms with Gasteiger partial charge in [0, 0.05) is 6.04 Å². The molecule has 1 nitrogen and oxygen atoms in total. The maximum atomic E-state index is 3.61. The van der Waals surface area contributed by atoms with Crippen molar-refractivity contribution >= 4 is 0 Å². The lowest BCUT2D eigenvalue weighted by Crippen LogP contribution is -2.36. The Morgan fingerprint density at radius 2 is 1.78 bits per heavy atom. The van der Waals surface area contributed by atoms with Crippen molar-refractivity contribution < 1.29 is 0 Å². The fourth-order valence-corrected chi connectivity index (χ4v) is 3.26. The van der Waals surface area contributed by atoms with Crippen molar-refractivity contribution in [1.29, 1.82) is 0 Å². The van der Waals surface area contributed by atoms with Crippen molar-refractivity contribution in [3.63, 3.8) is 0 Å². The third kappa shape index (κ3) is 3.35. The molecule has 1 aromatic rings. The lowest BCUT2D eigenvalue weighted by Gasteiger charge is -2.28. The summed E-state index contributed by atoms with van der Waals surface area (Å²) in [4.78, 5) is 0. The summed E-state index contributed by atoms with van der Waals surface area (Å²) in [7, 11) is 0. The Morgan fingerprint density at radius 1 is 1.11 bits per heavy atom.